The van der Waals surface area contributed by atoms with Gasteiger partial charge in [0.25, 0.3) is 0 Å². The smallest absolute Gasteiger partial charge is 0.0943 e. The molecule has 10 heteroatoms. The molecule has 1 unspecified atom stereocenters. The molecule has 0 saturated carbocycles. The third-order valence-corrected chi connectivity index (χ3v) is 10.8. The maximum atomic E-state index is 3.78. The molecule has 8 rings (SSSR count). The standard InChI is InChI=1S/C13H20N2.2C6H14N2.C6H13N.C6H6.C4H6N2.C4H9N.4C2H6.6CH4/c1-12(13-6-4-3-5-7-13)15-10-8-14(2)9-11-15;2*1-7-3-5-8(2)6-4-7;1-7-5-3-2-4-6-7;1-2-4-6-5-3-1;1-6-3-2-5-4-6;1-5-3-2-4-5;4*1-2;;;;;;/h3-7,12H,8-11H2,1-2H3;2*3-6H2,1-2H3;2-6H2,1H3;1-6H;2-4H,1H3;2-4H2,1H3;4*1-2H3;6*1H4. The zero-order valence-electron chi connectivity index (χ0n) is 44.8. The lowest BCUT2D eigenvalue weighted by Gasteiger charge is -2.36. The molecule has 6 heterocycles. The number of aromatic nitrogens is 2. The molecule has 0 amide bonds. The Balaban J connectivity index is -0.0000000857. The molecule has 416 valence electrons. The highest BCUT2D eigenvalue weighted by molar-refractivity contribution is 5.18. The summed E-state index contributed by atoms with van der Waals surface area (Å²) in [5, 5.41) is 0. The Kier molecular flexibility index (Phi) is 79.1. The average Bonchev–Trinajstić information content (AvgIpc) is 3.83. The molecule has 1 aromatic heterocycles. The number of likely N-dealkylation sites (N-methyl/N-ethyl adjacent to an activating group) is 5. The number of imidazole rings is 1. The van der Waals surface area contributed by atoms with Gasteiger partial charge in [0.05, 0.1) is 6.33 Å². The second kappa shape index (κ2) is 63.3. The van der Waals surface area contributed by atoms with Gasteiger partial charge in [0.15, 0.2) is 0 Å². The molecule has 10 nitrogen and oxygen atoms in total. The van der Waals surface area contributed by atoms with Crippen LogP contribution in [-0.4, -0.2) is 203 Å². The van der Waals surface area contributed by atoms with Gasteiger partial charge in [-0.2, -0.15) is 0 Å². The Morgan fingerprint density at radius 1 is 0.348 bits per heavy atom. The minimum atomic E-state index is 0. The van der Waals surface area contributed by atoms with Gasteiger partial charge in [0.2, 0.25) is 0 Å². The van der Waals surface area contributed by atoms with E-state index in [9.17, 15) is 0 Å². The van der Waals surface area contributed by atoms with Crippen molar-refractivity contribution in [3.8, 4) is 0 Å². The predicted molar refractivity (Wildman–Crippen MR) is 323 cm³/mol. The van der Waals surface area contributed by atoms with Gasteiger partial charge in [0, 0.05) is 104 Å². The first-order valence-corrected chi connectivity index (χ1v) is 25.0. The summed E-state index contributed by atoms with van der Waals surface area (Å²) in [5.41, 5.74) is 1.43. The van der Waals surface area contributed by atoms with E-state index in [1.54, 1.807) is 12.5 Å². The molecule has 2 aromatic carbocycles. The monoisotopic (exact) mass is 979 g/mol. The summed E-state index contributed by atoms with van der Waals surface area (Å²) in [6.07, 6.45) is 11.1. The molecule has 69 heavy (non-hydrogen) atoms. The molecule has 5 aliphatic heterocycles. The molecule has 1 atom stereocenters. The minimum absolute atomic E-state index is 0. The highest BCUT2D eigenvalue weighted by atomic mass is 15.3. The number of benzene rings is 2. The first-order valence-electron chi connectivity index (χ1n) is 25.0. The molecule has 0 spiro atoms. The van der Waals surface area contributed by atoms with Crippen molar-refractivity contribution in [1.82, 2.24) is 48.8 Å². The maximum absolute atomic E-state index is 3.78. The van der Waals surface area contributed by atoms with Crippen LogP contribution in [0.2, 0.25) is 0 Å². The average molecular weight is 980 g/mol. The van der Waals surface area contributed by atoms with Gasteiger partial charge in [-0.05, 0) is 107 Å². The van der Waals surface area contributed by atoms with Crippen molar-refractivity contribution in [3.63, 3.8) is 0 Å². The van der Waals surface area contributed by atoms with Crippen LogP contribution in [0.1, 0.15) is 144 Å². The van der Waals surface area contributed by atoms with Crippen LogP contribution in [0.25, 0.3) is 0 Å². The minimum Gasteiger partial charge on any atom is -0.341 e. The zero-order valence-corrected chi connectivity index (χ0v) is 44.8. The molecule has 0 bridgehead atoms. The van der Waals surface area contributed by atoms with E-state index in [-0.39, 0.29) is 44.6 Å². The van der Waals surface area contributed by atoms with Crippen molar-refractivity contribution >= 4 is 0 Å². The van der Waals surface area contributed by atoms with Crippen molar-refractivity contribution in [2.24, 2.45) is 7.05 Å². The number of aryl methyl sites for hydroxylation is 1. The molecule has 0 N–H and O–H groups in total. The zero-order chi connectivity index (χ0) is 48.1. The van der Waals surface area contributed by atoms with Crippen molar-refractivity contribution in [2.75, 3.05) is 154 Å². The molecular formula is C59H130N10. The van der Waals surface area contributed by atoms with Crippen molar-refractivity contribution in [3.05, 3.63) is 91.0 Å². The van der Waals surface area contributed by atoms with Gasteiger partial charge in [-0.15, -0.1) is 0 Å². The summed E-state index contributed by atoms with van der Waals surface area (Å²) in [4.78, 5) is 22.9. The lowest BCUT2D eigenvalue weighted by molar-refractivity contribution is 0.119. The third kappa shape index (κ3) is 53.0. The first kappa shape index (κ1) is 86.1. The lowest BCUT2D eigenvalue weighted by atomic mass is 10.1. The number of piperazine rings is 3. The van der Waals surface area contributed by atoms with Crippen LogP contribution in [0.5, 0.6) is 0 Å². The van der Waals surface area contributed by atoms with Gasteiger partial charge in [0.1, 0.15) is 0 Å². The lowest BCUT2D eigenvalue weighted by Crippen LogP contribution is -2.45. The summed E-state index contributed by atoms with van der Waals surface area (Å²) in [7, 11) is 17.2. The summed E-state index contributed by atoms with van der Waals surface area (Å²) >= 11 is 0. The van der Waals surface area contributed by atoms with Crippen LogP contribution in [-0.2, 0) is 7.05 Å². The molecule has 5 saturated heterocycles. The molecule has 0 radical (unpaired) electrons. The number of rotatable bonds is 2. The van der Waals surface area contributed by atoms with Crippen molar-refractivity contribution in [2.45, 2.75) is 139 Å². The SMILES string of the molecule is C.C.C.C.C.C.CC.CC.CC.CC.CC(c1ccccc1)N1CCN(C)CC1.CN1CCC1.CN1CCCCC1.CN1CCN(C)CC1.CN1CCN(C)CC1.Cn1ccnc1.c1ccccc1. The van der Waals surface area contributed by atoms with Crippen LogP contribution in [0.3, 0.4) is 0 Å². The number of likely N-dealkylation sites (tertiary alicyclic amines) is 2. The number of hydrogen-bond acceptors (Lipinski definition) is 9. The summed E-state index contributed by atoms with van der Waals surface area (Å²) in [6, 6.07) is 23.3. The molecule has 5 fully saturated rings. The second-order valence-electron chi connectivity index (χ2n) is 16.0. The quantitative estimate of drug-likeness (QED) is 0.250. The Labute approximate surface area is 437 Å². The molecule has 3 aromatic rings. The predicted octanol–water partition coefficient (Wildman–Crippen LogP) is 13.2. The van der Waals surface area contributed by atoms with E-state index in [1.807, 2.05) is 110 Å². The first-order chi connectivity index (χ1) is 30.5. The second-order valence-corrected chi connectivity index (χ2v) is 16.0. The van der Waals surface area contributed by atoms with Gasteiger partial charge in [-0.1, -0.05) is 173 Å². The molecule has 5 aliphatic rings. The number of hydrogen-bond donors (Lipinski definition) is 0. The Hall–Kier alpha value is -2.67. The van der Waals surface area contributed by atoms with E-state index in [0.29, 0.717) is 6.04 Å². The summed E-state index contributed by atoms with van der Waals surface area (Å²) in [5.74, 6) is 0. The van der Waals surface area contributed by atoms with Crippen LogP contribution in [0, 0.1) is 0 Å². The van der Waals surface area contributed by atoms with Crippen LogP contribution in [0.4, 0.5) is 0 Å². The Morgan fingerprint density at radius 3 is 0.812 bits per heavy atom. The van der Waals surface area contributed by atoms with E-state index in [0.717, 1.165) is 0 Å². The van der Waals surface area contributed by atoms with Gasteiger partial charge in [-0.25, -0.2) is 4.98 Å². The Morgan fingerprint density at radius 2 is 0.609 bits per heavy atom. The summed E-state index contributed by atoms with van der Waals surface area (Å²) < 4.78 is 1.89. The van der Waals surface area contributed by atoms with E-state index in [4.69, 9.17) is 0 Å². The van der Waals surface area contributed by atoms with E-state index in [1.165, 1.54) is 136 Å². The van der Waals surface area contributed by atoms with Crippen molar-refractivity contribution in [1.29, 1.82) is 0 Å². The number of nitrogens with zero attached hydrogens (tertiary/aromatic N) is 10. The van der Waals surface area contributed by atoms with Crippen molar-refractivity contribution < 1.29 is 0 Å². The number of piperidine rings is 1. The van der Waals surface area contributed by atoms with Gasteiger partial charge >= 0.3 is 0 Å². The highest BCUT2D eigenvalue weighted by Gasteiger charge is 2.19. The fraction of sp³-hybridized carbons (Fsp3) is 0.746. The summed E-state index contributed by atoms with van der Waals surface area (Å²) in [6.45, 7) is 38.2. The third-order valence-electron chi connectivity index (χ3n) is 10.8. The van der Waals surface area contributed by atoms with E-state index < -0.39 is 0 Å². The largest absolute Gasteiger partial charge is 0.341 e. The Bertz CT molecular complexity index is 1150. The van der Waals surface area contributed by atoms with Gasteiger partial charge in [-0.3, -0.25) is 4.90 Å². The van der Waals surface area contributed by atoms with Gasteiger partial charge < -0.3 is 38.9 Å². The molecular weight excluding hydrogens is 849 g/mol. The normalized spacial score (nSPS) is 17.0. The van der Waals surface area contributed by atoms with Crippen LogP contribution >= 0.6 is 0 Å². The fourth-order valence-electron chi connectivity index (χ4n) is 6.20. The fourth-order valence-corrected chi connectivity index (χ4v) is 6.20. The topological polar surface area (TPSA) is 43.7 Å². The van der Waals surface area contributed by atoms with Crippen LogP contribution < -0.4 is 0 Å². The van der Waals surface area contributed by atoms with Crippen LogP contribution in [0.15, 0.2) is 85.5 Å². The highest BCUT2D eigenvalue weighted by Crippen LogP contribution is 2.20. The molecule has 0 aliphatic carbocycles. The van der Waals surface area contributed by atoms with E-state index in [2.05, 4.69) is 131 Å². The van der Waals surface area contributed by atoms with E-state index >= 15 is 0 Å². The maximum Gasteiger partial charge on any atom is 0.0943 e.